The molecule has 0 aliphatic heterocycles. The monoisotopic (exact) mass is 199 g/mol. The molecule has 1 fully saturated rings. The number of ether oxygens (including phenoxy) is 1. The Morgan fingerprint density at radius 3 is 2.64 bits per heavy atom. The van der Waals surface area contributed by atoms with Crippen LogP contribution in [-0.4, -0.2) is 26.3 Å². The van der Waals surface area contributed by atoms with Crippen LogP contribution < -0.4 is 5.32 Å². The second kappa shape index (κ2) is 7.24. The third kappa shape index (κ3) is 4.97. The smallest absolute Gasteiger partial charge is 0.0587 e. The first kappa shape index (κ1) is 12.0. The summed E-state index contributed by atoms with van der Waals surface area (Å²) in [6.45, 7) is 4.11. The van der Waals surface area contributed by atoms with E-state index in [0.29, 0.717) is 6.04 Å². The molecule has 0 aromatic heterocycles. The predicted octanol–water partition coefficient (Wildman–Crippen LogP) is 2.58. The summed E-state index contributed by atoms with van der Waals surface area (Å²) in [6.07, 6.45) is 8.63. The molecule has 0 amide bonds. The van der Waals surface area contributed by atoms with Crippen LogP contribution in [0.1, 0.15) is 45.4 Å². The summed E-state index contributed by atoms with van der Waals surface area (Å²) >= 11 is 0. The molecule has 1 aliphatic rings. The van der Waals surface area contributed by atoms with E-state index in [-0.39, 0.29) is 0 Å². The van der Waals surface area contributed by atoms with Crippen molar-refractivity contribution in [1.29, 1.82) is 0 Å². The lowest BCUT2D eigenvalue weighted by atomic mass is 9.85. The lowest BCUT2D eigenvalue weighted by Gasteiger charge is -2.25. The van der Waals surface area contributed by atoms with Crippen molar-refractivity contribution in [1.82, 2.24) is 5.32 Å². The van der Waals surface area contributed by atoms with E-state index >= 15 is 0 Å². The summed E-state index contributed by atoms with van der Waals surface area (Å²) < 4.78 is 5.02. The van der Waals surface area contributed by atoms with Gasteiger partial charge in [0.1, 0.15) is 0 Å². The van der Waals surface area contributed by atoms with Crippen LogP contribution in [0.25, 0.3) is 0 Å². The molecule has 0 bridgehead atoms. The number of hydrogen-bond acceptors (Lipinski definition) is 2. The zero-order valence-electron chi connectivity index (χ0n) is 9.72. The van der Waals surface area contributed by atoms with E-state index in [0.717, 1.165) is 19.1 Å². The lowest BCUT2D eigenvalue weighted by Crippen LogP contribution is -2.31. The van der Waals surface area contributed by atoms with E-state index in [4.69, 9.17) is 4.74 Å². The molecule has 2 heteroatoms. The van der Waals surface area contributed by atoms with E-state index in [2.05, 4.69) is 12.2 Å². The van der Waals surface area contributed by atoms with Crippen molar-refractivity contribution in [2.24, 2.45) is 5.92 Å². The summed E-state index contributed by atoms with van der Waals surface area (Å²) in [4.78, 5) is 0. The summed E-state index contributed by atoms with van der Waals surface area (Å²) in [5.41, 5.74) is 0. The molecule has 2 nitrogen and oxygen atoms in total. The van der Waals surface area contributed by atoms with Crippen molar-refractivity contribution >= 4 is 0 Å². The Kier molecular flexibility index (Phi) is 6.20. The SMILES string of the molecule is COCCNC(C)CC1CCCCC1. The van der Waals surface area contributed by atoms with Crippen LogP contribution in [0, 0.1) is 5.92 Å². The first-order valence-corrected chi connectivity index (χ1v) is 6.05. The van der Waals surface area contributed by atoms with Gasteiger partial charge in [0, 0.05) is 19.7 Å². The Hall–Kier alpha value is -0.0800. The second-order valence-corrected chi connectivity index (χ2v) is 4.59. The van der Waals surface area contributed by atoms with Crippen LogP contribution in [0.15, 0.2) is 0 Å². The fraction of sp³-hybridized carbons (Fsp3) is 1.00. The van der Waals surface area contributed by atoms with Crippen LogP contribution >= 0.6 is 0 Å². The van der Waals surface area contributed by atoms with Gasteiger partial charge in [-0.1, -0.05) is 32.1 Å². The minimum atomic E-state index is 0.660. The van der Waals surface area contributed by atoms with Gasteiger partial charge in [-0.2, -0.15) is 0 Å². The highest BCUT2D eigenvalue weighted by Crippen LogP contribution is 2.27. The largest absolute Gasteiger partial charge is 0.383 e. The highest BCUT2D eigenvalue weighted by atomic mass is 16.5. The molecule has 1 rings (SSSR count). The fourth-order valence-corrected chi connectivity index (χ4v) is 2.41. The lowest BCUT2D eigenvalue weighted by molar-refractivity contribution is 0.193. The quantitative estimate of drug-likeness (QED) is 0.664. The third-order valence-electron chi connectivity index (χ3n) is 3.21. The maximum atomic E-state index is 5.02. The summed E-state index contributed by atoms with van der Waals surface area (Å²) in [6, 6.07) is 0.660. The van der Waals surface area contributed by atoms with E-state index in [1.165, 1.54) is 38.5 Å². The molecule has 0 aromatic rings. The average molecular weight is 199 g/mol. The van der Waals surface area contributed by atoms with Gasteiger partial charge in [-0.25, -0.2) is 0 Å². The van der Waals surface area contributed by atoms with Crippen molar-refractivity contribution < 1.29 is 4.74 Å². The number of hydrogen-bond donors (Lipinski definition) is 1. The molecule has 1 unspecified atom stereocenters. The van der Waals surface area contributed by atoms with Gasteiger partial charge < -0.3 is 10.1 Å². The van der Waals surface area contributed by atoms with Gasteiger partial charge >= 0.3 is 0 Å². The summed E-state index contributed by atoms with van der Waals surface area (Å²) in [5, 5.41) is 3.51. The number of methoxy groups -OCH3 is 1. The van der Waals surface area contributed by atoms with Crippen LogP contribution in [-0.2, 0) is 4.74 Å². The van der Waals surface area contributed by atoms with E-state index in [1.807, 2.05) is 0 Å². The molecule has 14 heavy (non-hydrogen) atoms. The number of nitrogens with one attached hydrogen (secondary N) is 1. The van der Waals surface area contributed by atoms with Crippen LogP contribution in [0.3, 0.4) is 0 Å². The Balaban J connectivity index is 2.03. The van der Waals surface area contributed by atoms with E-state index < -0.39 is 0 Å². The Morgan fingerprint density at radius 1 is 1.29 bits per heavy atom. The van der Waals surface area contributed by atoms with Crippen molar-refractivity contribution in [3.8, 4) is 0 Å². The molecule has 0 aromatic carbocycles. The molecule has 0 heterocycles. The second-order valence-electron chi connectivity index (χ2n) is 4.59. The molecule has 84 valence electrons. The number of rotatable bonds is 6. The normalized spacial score (nSPS) is 21.0. The van der Waals surface area contributed by atoms with Crippen molar-refractivity contribution in [2.45, 2.75) is 51.5 Å². The molecular weight excluding hydrogens is 174 g/mol. The van der Waals surface area contributed by atoms with Gasteiger partial charge in [0.15, 0.2) is 0 Å². The van der Waals surface area contributed by atoms with Crippen LogP contribution in [0.5, 0.6) is 0 Å². The maximum absolute atomic E-state index is 5.02. The fourth-order valence-electron chi connectivity index (χ4n) is 2.41. The van der Waals surface area contributed by atoms with Crippen molar-refractivity contribution in [3.63, 3.8) is 0 Å². The maximum Gasteiger partial charge on any atom is 0.0587 e. The van der Waals surface area contributed by atoms with Crippen LogP contribution in [0.2, 0.25) is 0 Å². The highest BCUT2D eigenvalue weighted by Gasteiger charge is 2.15. The molecule has 1 saturated carbocycles. The minimum Gasteiger partial charge on any atom is -0.383 e. The summed E-state index contributed by atoms with van der Waals surface area (Å²) in [5.74, 6) is 0.980. The van der Waals surface area contributed by atoms with Gasteiger partial charge in [-0.15, -0.1) is 0 Å². The molecule has 1 N–H and O–H groups in total. The zero-order valence-corrected chi connectivity index (χ0v) is 9.72. The third-order valence-corrected chi connectivity index (χ3v) is 3.21. The van der Waals surface area contributed by atoms with E-state index in [9.17, 15) is 0 Å². The summed E-state index contributed by atoms with van der Waals surface area (Å²) in [7, 11) is 1.76. The first-order valence-electron chi connectivity index (χ1n) is 6.05. The first-order chi connectivity index (χ1) is 6.83. The average Bonchev–Trinajstić information content (AvgIpc) is 2.20. The molecular formula is C12H25NO. The molecule has 0 radical (unpaired) electrons. The Bertz CT molecular complexity index is 132. The Morgan fingerprint density at radius 2 is 2.00 bits per heavy atom. The van der Waals surface area contributed by atoms with E-state index in [1.54, 1.807) is 7.11 Å². The topological polar surface area (TPSA) is 21.3 Å². The zero-order chi connectivity index (χ0) is 10.2. The van der Waals surface area contributed by atoms with Gasteiger partial charge in [0.25, 0.3) is 0 Å². The van der Waals surface area contributed by atoms with Crippen LogP contribution in [0.4, 0.5) is 0 Å². The van der Waals surface area contributed by atoms with Gasteiger partial charge in [-0.05, 0) is 19.3 Å². The standard InChI is InChI=1S/C12H25NO/c1-11(13-8-9-14-2)10-12-6-4-3-5-7-12/h11-13H,3-10H2,1-2H3. The minimum absolute atomic E-state index is 0.660. The highest BCUT2D eigenvalue weighted by molar-refractivity contribution is 4.71. The molecule has 1 aliphatic carbocycles. The van der Waals surface area contributed by atoms with Gasteiger partial charge in [0.2, 0.25) is 0 Å². The van der Waals surface area contributed by atoms with Gasteiger partial charge in [0.05, 0.1) is 6.61 Å². The van der Waals surface area contributed by atoms with Crippen molar-refractivity contribution in [3.05, 3.63) is 0 Å². The predicted molar refractivity (Wildman–Crippen MR) is 60.5 cm³/mol. The molecule has 1 atom stereocenters. The molecule has 0 saturated heterocycles. The van der Waals surface area contributed by atoms with Gasteiger partial charge in [-0.3, -0.25) is 0 Å². The Labute approximate surface area is 88.4 Å². The van der Waals surface area contributed by atoms with Crippen molar-refractivity contribution in [2.75, 3.05) is 20.3 Å². The molecule has 0 spiro atoms.